The maximum Gasteiger partial charge on any atom is 0.223 e. The Morgan fingerprint density at radius 3 is 2.62 bits per heavy atom. The molecule has 1 aromatic rings. The molecule has 1 heterocycles. The van der Waals surface area contributed by atoms with Crippen LogP contribution in [0.25, 0.3) is 0 Å². The fourth-order valence-corrected chi connectivity index (χ4v) is 5.43. The third-order valence-corrected chi connectivity index (χ3v) is 7.05. The van der Waals surface area contributed by atoms with Crippen molar-refractivity contribution in [1.29, 1.82) is 0 Å². The van der Waals surface area contributed by atoms with Gasteiger partial charge in [-0.2, -0.15) is 0 Å². The van der Waals surface area contributed by atoms with Gasteiger partial charge in [0.1, 0.15) is 5.75 Å². The Morgan fingerprint density at radius 1 is 1.21 bits per heavy atom. The summed E-state index contributed by atoms with van der Waals surface area (Å²) in [6.07, 6.45) is 6.81. The van der Waals surface area contributed by atoms with Crippen LogP contribution in [-0.2, 0) is 4.79 Å². The molecule has 2 saturated carbocycles. The highest BCUT2D eigenvalue weighted by Crippen LogP contribution is 2.41. The second-order valence-electron chi connectivity index (χ2n) is 8.74. The number of methoxy groups -OCH3 is 1. The van der Waals surface area contributed by atoms with Crippen LogP contribution in [0.2, 0.25) is 0 Å². The van der Waals surface area contributed by atoms with Crippen molar-refractivity contribution in [3.8, 4) is 5.75 Å². The van der Waals surface area contributed by atoms with E-state index in [1.54, 1.807) is 7.11 Å². The van der Waals surface area contributed by atoms with E-state index in [9.17, 15) is 4.79 Å². The van der Waals surface area contributed by atoms with E-state index < -0.39 is 0 Å². The molecule has 3 aliphatic rings. The Morgan fingerprint density at radius 2 is 1.93 bits per heavy atom. The normalized spacial score (nSPS) is 30.7. The van der Waals surface area contributed by atoms with Crippen LogP contribution >= 0.6 is 24.8 Å². The summed E-state index contributed by atoms with van der Waals surface area (Å²) in [5.41, 5.74) is 7.57. The number of hydrogen-bond donors (Lipinski definition) is 2. The van der Waals surface area contributed by atoms with Gasteiger partial charge in [-0.1, -0.05) is 12.5 Å². The standard InChI is InChI=1S/C22H33N3O2.2ClH/c1-27-20-7-3-6-19(12-20)25-9-8-15(14-25)13-24-22(26)18-10-16-4-2-5-17(11-18)21(16)23;;/h3,6-7,12,15-18,21H,2,4-5,8-11,13-14,23H2,1H3,(H,24,26);2*1H. The maximum atomic E-state index is 12.7. The molecule has 2 bridgehead atoms. The predicted octanol–water partition coefficient (Wildman–Crippen LogP) is 3.63. The summed E-state index contributed by atoms with van der Waals surface area (Å²) in [5, 5.41) is 3.26. The molecule has 3 N–H and O–H groups in total. The van der Waals surface area contributed by atoms with Gasteiger partial charge in [-0.15, -0.1) is 24.8 Å². The van der Waals surface area contributed by atoms with Crippen molar-refractivity contribution in [3.05, 3.63) is 24.3 Å². The first kappa shape index (κ1) is 24.1. The van der Waals surface area contributed by atoms with Crippen molar-refractivity contribution in [2.75, 3.05) is 31.6 Å². The van der Waals surface area contributed by atoms with E-state index in [0.29, 0.717) is 23.8 Å². The van der Waals surface area contributed by atoms with Crippen LogP contribution in [0.15, 0.2) is 24.3 Å². The monoisotopic (exact) mass is 443 g/mol. The molecule has 2 aliphatic carbocycles. The van der Waals surface area contributed by atoms with E-state index in [-0.39, 0.29) is 36.6 Å². The molecule has 3 fully saturated rings. The molecular weight excluding hydrogens is 409 g/mol. The number of nitrogens with two attached hydrogens (primary N) is 1. The molecule has 0 aromatic heterocycles. The van der Waals surface area contributed by atoms with Crippen LogP contribution in [0.5, 0.6) is 5.75 Å². The van der Waals surface area contributed by atoms with Gasteiger partial charge >= 0.3 is 0 Å². The Bertz CT molecular complexity index is 661. The number of benzene rings is 1. The molecule has 1 aromatic carbocycles. The zero-order valence-electron chi connectivity index (χ0n) is 17.2. The SMILES string of the molecule is COc1cccc(N2CCC(CNC(=O)C3CC4CCCC(C3)C4N)C2)c1.Cl.Cl. The van der Waals surface area contributed by atoms with Crippen LogP contribution in [0.1, 0.15) is 38.5 Å². The lowest BCUT2D eigenvalue weighted by molar-refractivity contribution is -0.128. The van der Waals surface area contributed by atoms with Gasteiger partial charge in [0.05, 0.1) is 7.11 Å². The minimum atomic E-state index is 0. The molecule has 5 nitrogen and oxygen atoms in total. The Balaban J connectivity index is 0.00000150. The quantitative estimate of drug-likeness (QED) is 0.728. The lowest BCUT2D eigenvalue weighted by Crippen LogP contribution is -2.49. The van der Waals surface area contributed by atoms with Gasteiger partial charge in [-0.3, -0.25) is 4.79 Å². The van der Waals surface area contributed by atoms with Gasteiger partial charge in [0.15, 0.2) is 0 Å². The molecular formula is C22H35Cl2N3O2. The average molecular weight is 444 g/mol. The predicted molar refractivity (Wildman–Crippen MR) is 122 cm³/mol. The highest BCUT2D eigenvalue weighted by molar-refractivity contribution is 5.85. The first-order valence-corrected chi connectivity index (χ1v) is 10.6. The molecule has 4 rings (SSSR count). The van der Waals surface area contributed by atoms with E-state index in [2.05, 4.69) is 22.3 Å². The number of carbonyl (C=O) groups is 1. The third-order valence-electron chi connectivity index (χ3n) is 7.05. The highest BCUT2D eigenvalue weighted by atomic mass is 35.5. The summed E-state index contributed by atoms with van der Waals surface area (Å²) in [6, 6.07) is 8.56. The number of rotatable bonds is 5. The van der Waals surface area contributed by atoms with Crippen molar-refractivity contribution in [2.24, 2.45) is 29.4 Å². The minimum Gasteiger partial charge on any atom is -0.497 e. The lowest BCUT2D eigenvalue weighted by atomic mass is 9.65. The van der Waals surface area contributed by atoms with Crippen molar-refractivity contribution in [1.82, 2.24) is 5.32 Å². The molecule has 0 radical (unpaired) electrons. The van der Waals surface area contributed by atoms with Gasteiger partial charge in [-0.25, -0.2) is 0 Å². The molecule has 29 heavy (non-hydrogen) atoms. The number of ether oxygens (including phenoxy) is 1. The van der Waals surface area contributed by atoms with Crippen molar-refractivity contribution < 1.29 is 9.53 Å². The van der Waals surface area contributed by atoms with E-state index in [0.717, 1.165) is 44.6 Å². The van der Waals surface area contributed by atoms with Crippen molar-refractivity contribution >= 4 is 36.4 Å². The van der Waals surface area contributed by atoms with E-state index in [1.165, 1.54) is 24.9 Å². The van der Waals surface area contributed by atoms with Crippen molar-refractivity contribution in [3.63, 3.8) is 0 Å². The van der Waals surface area contributed by atoms with E-state index in [1.807, 2.05) is 12.1 Å². The zero-order valence-corrected chi connectivity index (χ0v) is 18.9. The van der Waals surface area contributed by atoms with Gasteiger partial charge < -0.3 is 20.7 Å². The fraction of sp³-hybridized carbons (Fsp3) is 0.682. The number of anilines is 1. The first-order chi connectivity index (χ1) is 13.1. The number of nitrogens with one attached hydrogen (secondary N) is 1. The molecule has 164 valence electrons. The van der Waals surface area contributed by atoms with E-state index in [4.69, 9.17) is 10.5 Å². The summed E-state index contributed by atoms with van der Waals surface area (Å²) in [7, 11) is 1.70. The van der Waals surface area contributed by atoms with Gasteiger partial charge in [0.2, 0.25) is 5.91 Å². The number of fused-ring (bicyclic) bond motifs is 2. The molecule has 0 spiro atoms. The smallest absolute Gasteiger partial charge is 0.223 e. The molecule has 1 amide bonds. The minimum absolute atomic E-state index is 0. The number of halogens is 2. The summed E-state index contributed by atoms with van der Waals surface area (Å²) >= 11 is 0. The number of carbonyl (C=O) groups excluding carboxylic acids is 1. The third kappa shape index (κ3) is 5.50. The van der Waals surface area contributed by atoms with Crippen LogP contribution in [0.3, 0.4) is 0 Å². The van der Waals surface area contributed by atoms with Crippen molar-refractivity contribution in [2.45, 2.75) is 44.6 Å². The summed E-state index contributed by atoms with van der Waals surface area (Å²) in [6.45, 7) is 2.82. The van der Waals surface area contributed by atoms with Crippen LogP contribution in [0, 0.1) is 23.7 Å². The molecule has 3 atom stereocenters. The Kier molecular flexibility index (Phi) is 8.92. The number of hydrogen-bond acceptors (Lipinski definition) is 4. The van der Waals surface area contributed by atoms with Gasteiger partial charge in [-0.05, 0) is 62.0 Å². The molecule has 7 heteroatoms. The largest absolute Gasteiger partial charge is 0.497 e. The topological polar surface area (TPSA) is 67.6 Å². The van der Waals surface area contributed by atoms with Crippen LogP contribution in [0.4, 0.5) is 5.69 Å². The molecule has 1 aliphatic heterocycles. The maximum absolute atomic E-state index is 12.7. The molecule has 1 saturated heterocycles. The second kappa shape index (κ2) is 10.7. The van der Waals surface area contributed by atoms with Gasteiger partial charge in [0, 0.05) is 43.3 Å². The Labute approximate surface area is 186 Å². The van der Waals surface area contributed by atoms with Gasteiger partial charge in [0.25, 0.3) is 0 Å². The molecule has 3 unspecified atom stereocenters. The summed E-state index contributed by atoms with van der Waals surface area (Å²) in [5.74, 6) is 2.97. The average Bonchev–Trinajstić information content (AvgIpc) is 3.15. The lowest BCUT2D eigenvalue weighted by Gasteiger charge is -2.43. The second-order valence-corrected chi connectivity index (χ2v) is 8.74. The zero-order chi connectivity index (χ0) is 18.8. The fourth-order valence-electron chi connectivity index (χ4n) is 5.43. The Hall–Kier alpha value is -1.17. The highest BCUT2D eigenvalue weighted by Gasteiger charge is 2.40. The number of nitrogens with zero attached hydrogens (tertiary/aromatic N) is 1. The summed E-state index contributed by atoms with van der Waals surface area (Å²) in [4.78, 5) is 15.1. The van der Waals surface area contributed by atoms with Crippen LogP contribution < -0.4 is 20.7 Å². The number of amides is 1. The van der Waals surface area contributed by atoms with E-state index >= 15 is 0 Å². The van der Waals surface area contributed by atoms with Crippen LogP contribution in [-0.4, -0.2) is 38.7 Å². The first-order valence-electron chi connectivity index (χ1n) is 10.6. The summed E-state index contributed by atoms with van der Waals surface area (Å²) < 4.78 is 5.33.